The Hall–Kier alpha value is -1.59. The summed E-state index contributed by atoms with van der Waals surface area (Å²) in [5.41, 5.74) is 1.99. The summed E-state index contributed by atoms with van der Waals surface area (Å²) in [7, 11) is 0. The Bertz CT molecular complexity index is 516. The van der Waals surface area contributed by atoms with Gasteiger partial charge in [-0.1, -0.05) is 6.42 Å². The summed E-state index contributed by atoms with van der Waals surface area (Å²) in [6, 6.07) is 8.59. The fourth-order valence-corrected chi connectivity index (χ4v) is 3.44. The zero-order valence-electron chi connectivity index (χ0n) is 15.2. The molecule has 1 heterocycles. The maximum absolute atomic E-state index is 12.3. The van der Waals surface area contributed by atoms with Crippen molar-refractivity contribution in [3.05, 3.63) is 24.3 Å². The first-order chi connectivity index (χ1) is 11.5. The largest absolute Gasteiger partial charge is 0.395 e. The zero-order valence-corrected chi connectivity index (χ0v) is 15.2. The van der Waals surface area contributed by atoms with Crippen LogP contribution in [0.3, 0.4) is 0 Å². The number of aliphatic hydroxyl groups is 1. The molecule has 1 atom stereocenters. The van der Waals surface area contributed by atoms with Gasteiger partial charge >= 0.3 is 0 Å². The highest BCUT2D eigenvalue weighted by Crippen LogP contribution is 2.20. The molecule has 1 fully saturated rings. The van der Waals surface area contributed by atoms with Crippen LogP contribution < -0.4 is 10.2 Å². The summed E-state index contributed by atoms with van der Waals surface area (Å²) in [6.45, 7) is 8.82. The molecule has 1 aliphatic rings. The highest BCUT2D eigenvalue weighted by molar-refractivity contribution is 5.92. The first kappa shape index (κ1) is 18.7. The molecule has 2 rings (SSSR count). The first-order valence-electron chi connectivity index (χ1n) is 9.06. The Morgan fingerprint density at radius 1 is 1.33 bits per heavy atom. The molecule has 1 aromatic carbocycles. The SMILES string of the molecule is CCN(c1ccc(NC(=O)CN2CCCC[C@@H]2CO)cc1)C(C)C. The molecular weight excluding hydrogens is 302 g/mol. The fraction of sp³-hybridized carbons (Fsp3) is 0.632. The normalized spacial score (nSPS) is 18.6. The van der Waals surface area contributed by atoms with Gasteiger partial charge in [-0.05, 0) is 64.4 Å². The number of hydrogen-bond donors (Lipinski definition) is 2. The van der Waals surface area contributed by atoms with Crippen molar-refractivity contribution in [2.45, 2.75) is 52.1 Å². The van der Waals surface area contributed by atoms with Crippen LogP contribution in [0.1, 0.15) is 40.0 Å². The molecule has 0 radical (unpaired) electrons. The number of hydrogen-bond acceptors (Lipinski definition) is 4. The second-order valence-corrected chi connectivity index (χ2v) is 6.78. The van der Waals surface area contributed by atoms with E-state index in [9.17, 15) is 9.90 Å². The van der Waals surface area contributed by atoms with Crippen molar-refractivity contribution < 1.29 is 9.90 Å². The number of nitrogens with one attached hydrogen (secondary N) is 1. The average Bonchev–Trinajstić information content (AvgIpc) is 2.57. The van der Waals surface area contributed by atoms with E-state index >= 15 is 0 Å². The van der Waals surface area contributed by atoms with Crippen molar-refractivity contribution in [2.24, 2.45) is 0 Å². The van der Waals surface area contributed by atoms with Crippen molar-refractivity contribution >= 4 is 17.3 Å². The van der Waals surface area contributed by atoms with E-state index in [1.807, 2.05) is 12.1 Å². The quantitative estimate of drug-likeness (QED) is 0.805. The predicted molar refractivity (Wildman–Crippen MR) is 99.5 cm³/mol. The maximum Gasteiger partial charge on any atom is 0.238 e. The van der Waals surface area contributed by atoms with Crippen molar-refractivity contribution in [2.75, 3.05) is 36.5 Å². The van der Waals surface area contributed by atoms with Crippen LogP contribution in [0.2, 0.25) is 0 Å². The van der Waals surface area contributed by atoms with Gasteiger partial charge in [0.15, 0.2) is 0 Å². The third kappa shape index (κ3) is 4.95. The van der Waals surface area contributed by atoms with Crippen LogP contribution >= 0.6 is 0 Å². The number of piperidine rings is 1. The summed E-state index contributed by atoms with van der Waals surface area (Å²) >= 11 is 0. The molecule has 5 nitrogen and oxygen atoms in total. The number of aliphatic hydroxyl groups excluding tert-OH is 1. The minimum absolute atomic E-state index is 0.0145. The van der Waals surface area contributed by atoms with Gasteiger partial charge in [-0.25, -0.2) is 0 Å². The summed E-state index contributed by atoms with van der Waals surface area (Å²) in [4.78, 5) is 16.7. The number of rotatable bonds is 7. The lowest BCUT2D eigenvalue weighted by atomic mass is 10.0. The second kappa shape index (κ2) is 9.04. The number of likely N-dealkylation sites (tertiary alicyclic amines) is 1. The number of carbonyl (C=O) groups excluding carboxylic acids is 1. The molecule has 1 amide bonds. The molecule has 0 saturated carbocycles. The minimum atomic E-state index is -0.0145. The van der Waals surface area contributed by atoms with Crippen molar-refractivity contribution in [3.8, 4) is 0 Å². The lowest BCUT2D eigenvalue weighted by Crippen LogP contribution is -2.45. The third-order valence-electron chi connectivity index (χ3n) is 4.75. The number of amides is 1. The molecule has 5 heteroatoms. The van der Waals surface area contributed by atoms with Crippen LogP contribution in [0.25, 0.3) is 0 Å². The molecule has 0 aromatic heterocycles. The van der Waals surface area contributed by atoms with Gasteiger partial charge < -0.3 is 15.3 Å². The molecule has 0 aliphatic carbocycles. The fourth-order valence-electron chi connectivity index (χ4n) is 3.44. The summed E-state index contributed by atoms with van der Waals surface area (Å²) in [5, 5.41) is 12.4. The van der Waals surface area contributed by atoms with Crippen molar-refractivity contribution in [1.82, 2.24) is 4.90 Å². The lowest BCUT2D eigenvalue weighted by Gasteiger charge is -2.33. The third-order valence-corrected chi connectivity index (χ3v) is 4.75. The second-order valence-electron chi connectivity index (χ2n) is 6.78. The van der Waals surface area contributed by atoms with Gasteiger partial charge in [-0.3, -0.25) is 9.69 Å². The van der Waals surface area contributed by atoms with E-state index < -0.39 is 0 Å². The van der Waals surface area contributed by atoms with E-state index in [4.69, 9.17) is 0 Å². The Balaban J connectivity index is 1.92. The molecule has 1 saturated heterocycles. The molecule has 134 valence electrons. The molecule has 0 unspecified atom stereocenters. The highest BCUT2D eigenvalue weighted by Gasteiger charge is 2.23. The standard InChI is InChI=1S/C19H31N3O2/c1-4-22(15(2)3)17-10-8-16(9-11-17)20-19(24)13-21-12-6-5-7-18(21)14-23/h8-11,15,18,23H,4-7,12-14H2,1-3H3,(H,20,24)/t18-/m1/s1. The predicted octanol–water partition coefficient (Wildman–Crippen LogP) is 2.71. The lowest BCUT2D eigenvalue weighted by molar-refractivity contribution is -0.118. The van der Waals surface area contributed by atoms with E-state index in [2.05, 4.69) is 48.0 Å². The summed E-state index contributed by atoms with van der Waals surface area (Å²) < 4.78 is 0. The van der Waals surface area contributed by atoms with E-state index in [-0.39, 0.29) is 18.6 Å². The monoisotopic (exact) mass is 333 g/mol. The topological polar surface area (TPSA) is 55.8 Å². The van der Waals surface area contributed by atoms with Gasteiger partial charge in [-0.15, -0.1) is 0 Å². The number of anilines is 2. The molecular formula is C19H31N3O2. The summed E-state index contributed by atoms with van der Waals surface area (Å²) in [5.74, 6) is -0.0145. The maximum atomic E-state index is 12.3. The van der Waals surface area contributed by atoms with E-state index in [1.165, 1.54) is 5.69 Å². The van der Waals surface area contributed by atoms with Gasteiger partial charge in [0.2, 0.25) is 5.91 Å². The Kier molecular flexibility index (Phi) is 7.06. The van der Waals surface area contributed by atoms with E-state index in [0.717, 1.165) is 38.0 Å². The molecule has 0 bridgehead atoms. The first-order valence-corrected chi connectivity index (χ1v) is 9.06. The van der Waals surface area contributed by atoms with E-state index in [1.54, 1.807) is 0 Å². The van der Waals surface area contributed by atoms with Gasteiger partial charge in [0.25, 0.3) is 0 Å². The van der Waals surface area contributed by atoms with Gasteiger partial charge in [0.1, 0.15) is 0 Å². The van der Waals surface area contributed by atoms with E-state index in [0.29, 0.717) is 12.6 Å². The van der Waals surface area contributed by atoms with Gasteiger partial charge in [0, 0.05) is 30.0 Å². The Labute approximate surface area is 145 Å². The van der Waals surface area contributed by atoms with Crippen LogP contribution in [-0.4, -0.2) is 54.2 Å². The zero-order chi connectivity index (χ0) is 17.5. The van der Waals surface area contributed by atoms with Gasteiger partial charge in [-0.2, -0.15) is 0 Å². The van der Waals surface area contributed by atoms with Crippen LogP contribution in [0.5, 0.6) is 0 Å². The summed E-state index contributed by atoms with van der Waals surface area (Å²) in [6.07, 6.45) is 3.20. The Morgan fingerprint density at radius 2 is 2.04 bits per heavy atom. The molecule has 24 heavy (non-hydrogen) atoms. The van der Waals surface area contributed by atoms with Crippen LogP contribution in [0.15, 0.2) is 24.3 Å². The molecule has 0 spiro atoms. The van der Waals surface area contributed by atoms with Crippen LogP contribution in [-0.2, 0) is 4.79 Å². The van der Waals surface area contributed by atoms with Crippen LogP contribution in [0, 0.1) is 0 Å². The van der Waals surface area contributed by atoms with Gasteiger partial charge in [0.05, 0.1) is 13.2 Å². The number of nitrogens with zero attached hydrogens (tertiary/aromatic N) is 2. The smallest absolute Gasteiger partial charge is 0.238 e. The number of carbonyl (C=O) groups is 1. The van der Waals surface area contributed by atoms with Crippen LogP contribution in [0.4, 0.5) is 11.4 Å². The highest BCUT2D eigenvalue weighted by atomic mass is 16.3. The minimum Gasteiger partial charge on any atom is -0.395 e. The molecule has 1 aromatic rings. The molecule has 2 N–H and O–H groups in total. The number of benzene rings is 1. The van der Waals surface area contributed by atoms with Crippen molar-refractivity contribution in [3.63, 3.8) is 0 Å². The van der Waals surface area contributed by atoms with Crippen molar-refractivity contribution in [1.29, 1.82) is 0 Å². The Morgan fingerprint density at radius 3 is 2.62 bits per heavy atom. The molecule has 1 aliphatic heterocycles. The average molecular weight is 333 g/mol.